The number of fused-ring (bicyclic) bond motifs is 5. The molecule has 4 aliphatic carbocycles. The Morgan fingerprint density at radius 1 is 1.00 bits per heavy atom. The smallest absolute Gasteiger partial charge is 0.172 e. The van der Waals surface area contributed by atoms with Gasteiger partial charge in [0.2, 0.25) is 0 Å². The van der Waals surface area contributed by atoms with Crippen LogP contribution in [0.1, 0.15) is 65.2 Å². The fourth-order valence-corrected chi connectivity index (χ4v) is 7.12. The van der Waals surface area contributed by atoms with E-state index in [1.807, 2.05) is 0 Å². The third-order valence-electron chi connectivity index (χ3n) is 8.63. The summed E-state index contributed by atoms with van der Waals surface area (Å²) >= 11 is 0. The highest BCUT2D eigenvalue weighted by atomic mass is 16.7. The zero-order valence-corrected chi connectivity index (χ0v) is 15.1. The van der Waals surface area contributed by atoms with E-state index in [9.17, 15) is 4.79 Å². The van der Waals surface area contributed by atoms with E-state index in [2.05, 4.69) is 19.9 Å². The molecule has 1 saturated heterocycles. The number of ketones is 1. The number of carbonyl (C=O) groups excluding carboxylic acids is 1. The average molecular weight is 330 g/mol. The van der Waals surface area contributed by atoms with Gasteiger partial charge in [0.15, 0.2) is 5.79 Å². The van der Waals surface area contributed by atoms with Gasteiger partial charge in [-0.15, -0.1) is 0 Å². The molecule has 1 aliphatic heterocycles. The van der Waals surface area contributed by atoms with Crippen LogP contribution in [-0.2, 0) is 14.3 Å². The molecular formula is C21H30O3. The van der Waals surface area contributed by atoms with Crippen LogP contribution in [0.3, 0.4) is 0 Å². The van der Waals surface area contributed by atoms with E-state index < -0.39 is 0 Å². The Morgan fingerprint density at radius 2 is 1.75 bits per heavy atom. The molecule has 0 aromatic rings. The molecule has 0 aromatic carbocycles. The minimum absolute atomic E-state index is 0.0174. The summed E-state index contributed by atoms with van der Waals surface area (Å²) in [4.78, 5) is 12.5. The molecule has 5 rings (SSSR count). The van der Waals surface area contributed by atoms with Crippen LogP contribution in [-0.4, -0.2) is 24.8 Å². The van der Waals surface area contributed by atoms with Crippen molar-refractivity contribution in [2.45, 2.75) is 71.0 Å². The first kappa shape index (κ1) is 15.6. The SMILES string of the molecule is C[C@]12CC[C@@H]3[C@H](CC=C4CC5(CC[C@]43C)OCCO5)[C@H]1CCC2=O. The number of hydrogen-bond donors (Lipinski definition) is 0. The summed E-state index contributed by atoms with van der Waals surface area (Å²) in [6.45, 7) is 6.26. The van der Waals surface area contributed by atoms with E-state index >= 15 is 0 Å². The van der Waals surface area contributed by atoms with E-state index in [0.29, 0.717) is 23.0 Å². The monoisotopic (exact) mass is 330 g/mol. The molecule has 3 heteroatoms. The Kier molecular flexibility index (Phi) is 3.21. The predicted octanol–water partition coefficient (Wildman–Crippen LogP) is 4.26. The zero-order chi connectivity index (χ0) is 16.6. The van der Waals surface area contributed by atoms with Crippen LogP contribution in [0.15, 0.2) is 11.6 Å². The lowest BCUT2D eigenvalue weighted by Gasteiger charge is -2.57. The molecule has 24 heavy (non-hydrogen) atoms. The van der Waals surface area contributed by atoms with E-state index in [1.165, 1.54) is 19.3 Å². The fourth-order valence-electron chi connectivity index (χ4n) is 7.12. The quantitative estimate of drug-likeness (QED) is 0.623. The molecule has 0 bridgehead atoms. The highest BCUT2D eigenvalue weighted by molar-refractivity contribution is 5.87. The summed E-state index contributed by atoms with van der Waals surface area (Å²) in [6, 6.07) is 0. The van der Waals surface area contributed by atoms with Gasteiger partial charge in [0.05, 0.1) is 13.2 Å². The Balaban J connectivity index is 1.47. The summed E-state index contributed by atoms with van der Waals surface area (Å²) < 4.78 is 12.0. The molecular weight excluding hydrogens is 300 g/mol. The highest BCUT2D eigenvalue weighted by Crippen LogP contribution is 2.65. The lowest BCUT2D eigenvalue weighted by atomic mass is 9.48. The van der Waals surface area contributed by atoms with Crippen molar-refractivity contribution in [3.05, 3.63) is 11.6 Å². The average Bonchev–Trinajstić information content (AvgIpc) is 3.14. The molecule has 0 amide bonds. The van der Waals surface area contributed by atoms with Crippen molar-refractivity contribution >= 4 is 5.78 Å². The molecule has 1 spiro atoms. The van der Waals surface area contributed by atoms with Gasteiger partial charge in [-0.05, 0) is 55.3 Å². The number of carbonyl (C=O) groups is 1. The standard InChI is InChI=1S/C21H30O3/c1-19-9-10-21(23-11-12-24-21)13-14(19)3-4-15-16-5-6-18(22)20(16,2)8-7-17(15)19/h3,15-17H,4-13H2,1-2H3/t15-,16-,17-,19-,20+/m1/s1. The topological polar surface area (TPSA) is 35.5 Å². The van der Waals surface area contributed by atoms with Crippen molar-refractivity contribution in [1.29, 1.82) is 0 Å². The van der Waals surface area contributed by atoms with Crippen molar-refractivity contribution in [2.75, 3.05) is 13.2 Å². The summed E-state index contributed by atoms with van der Waals surface area (Å²) in [5, 5.41) is 0. The first-order valence-electron chi connectivity index (χ1n) is 9.98. The van der Waals surface area contributed by atoms with Crippen molar-refractivity contribution < 1.29 is 14.3 Å². The normalized spacial score (nSPS) is 49.5. The van der Waals surface area contributed by atoms with Crippen molar-refractivity contribution in [3.8, 4) is 0 Å². The molecule has 3 nitrogen and oxygen atoms in total. The molecule has 1 heterocycles. The zero-order valence-electron chi connectivity index (χ0n) is 15.1. The Hall–Kier alpha value is -0.670. The number of rotatable bonds is 0. The van der Waals surface area contributed by atoms with Crippen LogP contribution in [0.2, 0.25) is 0 Å². The van der Waals surface area contributed by atoms with E-state index in [0.717, 1.165) is 51.2 Å². The van der Waals surface area contributed by atoms with Gasteiger partial charge < -0.3 is 9.47 Å². The number of allylic oxidation sites excluding steroid dienone is 1. The second-order valence-electron chi connectivity index (χ2n) is 9.46. The maximum absolute atomic E-state index is 12.5. The van der Waals surface area contributed by atoms with Gasteiger partial charge in [-0.25, -0.2) is 0 Å². The van der Waals surface area contributed by atoms with E-state index in [1.54, 1.807) is 5.57 Å². The first-order chi connectivity index (χ1) is 11.5. The van der Waals surface area contributed by atoms with E-state index in [-0.39, 0.29) is 11.2 Å². The molecule has 0 radical (unpaired) electrons. The second kappa shape index (κ2) is 4.94. The Bertz CT molecular complexity index is 602. The van der Waals surface area contributed by atoms with Gasteiger partial charge in [-0.1, -0.05) is 25.5 Å². The largest absolute Gasteiger partial charge is 0.347 e. The number of hydrogen-bond acceptors (Lipinski definition) is 3. The summed E-state index contributed by atoms with van der Waals surface area (Å²) in [5.74, 6) is 2.31. The summed E-state index contributed by atoms with van der Waals surface area (Å²) in [5.41, 5.74) is 1.87. The third kappa shape index (κ3) is 1.89. The summed E-state index contributed by atoms with van der Waals surface area (Å²) in [6.07, 6.45) is 11.1. The highest BCUT2D eigenvalue weighted by Gasteiger charge is 2.60. The Morgan fingerprint density at radius 3 is 2.54 bits per heavy atom. The second-order valence-corrected chi connectivity index (χ2v) is 9.46. The molecule has 0 N–H and O–H groups in total. The molecule has 4 fully saturated rings. The number of ether oxygens (including phenoxy) is 2. The molecule has 3 saturated carbocycles. The molecule has 132 valence electrons. The molecule has 5 aliphatic rings. The predicted molar refractivity (Wildman–Crippen MR) is 91.3 cm³/mol. The van der Waals surface area contributed by atoms with Crippen LogP contribution in [0.5, 0.6) is 0 Å². The number of Topliss-reactive ketones (excluding diaryl/α,β-unsaturated/α-hetero) is 1. The fraction of sp³-hybridized carbons (Fsp3) is 0.857. The van der Waals surface area contributed by atoms with E-state index in [4.69, 9.17) is 9.47 Å². The van der Waals surface area contributed by atoms with Gasteiger partial charge >= 0.3 is 0 Å². The van der Waals surface area contributed by atoms with Crippen LogP contribution in [0, 0.1) is 28.6 Å². The van der Waals surface area contributed by atoms with Crippen LogP contribution in [0.4, 0.5) is 0 Å². The molecule has 0 aromatic heterocycles. The van der Waals surface area contributed by atoms with Crippen molar-refractivity contribution in [3.63, 3.8) is 0 Å². The van der Waals surface area contributed by atoms with Crippen LogP contribution >= 0.6 is 0 Å². The third-order valence-corrected chi connectivity index (χ3v) is 8.63. The molecule has 5 atom stereocenters. The minimum Gasteiger partial charge on any atom is -0.347 e. The van der Waals surface area contributed by atoms with Gasteiger partial charge in [0.1, 0.15) is 5.78 Å². The van der Waals surface area contributed by atoms with Crippen molar-refractivity contribution in [1.82, 2.24) is 0 Å². The van der Waals surface area contributed by atoms with Crippen LogP contribution in [0.25, 0.3) is 0 Å². The van der Waals surface area contributed by atoms with Gasteiger partial charge in [-0.3, -0.25) is 4.79 Å². The first-order valence-corrected chi connectivity index (χ1v) is 9.98. The Labute approximate surface area is 145 Å². The van der Waals surface area contributed by atoms with Crippen LogP contribution < -0.4 is 0 Å². The maximum atomic E-state index is 12.5. The lowest BCUT2D eigenvalue weighted by Crippen LogP contribution is -2.52. The maximum Gasteiger partial charge on any atom is 0.172 e. The van der Waals surface area contributed by atoms with Gasteiger partial charge in [0.25, 0.3) is 0 Å². The van der Waals surface area contributed by atoms with Gasteiger partial charge in [0, 0.05) is 24.7 Å². The lowest BCUT2D eigenvalue weighted by molar-refractivity contribution is -0.185. The minimum atomic E-state index is -0.315. The van der Waals surface area contributed by atoms with Crippen molar-refractivity contribution in [2.24, 2.45) is 28.6 Å². The van der Waals surface area contributed by atoms with Gasteiger partial charge in [-0.2, -0.15) is 0 Å². The molecule has 0 unspecified atom stereocenters. The summed E-state index contributed by atoms with van der Waals surface area (Å²) in [7, 11) is 0.